The number of rotatable bonds is 3. The highest BCUT2D eigenvalue weighted by Crippen LogP contribution is 2.06. The molecule has 0 saturated heterocycles. The van der Waals surface area contributed by atoms with Crippen molar-refractivity contribution in [2.75, 3.05) is 0 Å². The van der Waals surface area contributed by atoms with Crippen LogP contribution >= 0.6 is 0 Å². The van der Waals surface area contributed by atoms with Gasteiger partial charge in [-0.3, -0.25) is 0 Å². The van der Waals surface area contributed by atoms with Gasteiger partial charge in [-0.1, -0.05) is 0 Å². The van der Waals surface area contributed by atoms with Crippen LogP contribution in [-0.4, -0.2) is 21.7 Å². The molecule has 14 heavy (non-hydrogen) atoms. The number of aromatic nitrogens is 1. The average Bonchev–Trinajstić information content (AvgIpc) is 2.43. The van der Waals surface area contributed by atoms with Crippen LogP contribution in [0.25, 0.3) is 0 Å². The van der Waals surface area contributed by atoms with E-state index in [0.717, 1.165) is 0 Å². The van der Waals surface area contributed by atoms with Crippen molar-refractivity contribution in [3.05, 3.63) is 23.5 Å². The number of nitrogens with two attached hydrogens (primary N) is 1. The van der Waals surface area contributed by atoms with Gasteiger partial charge in [0, 0.05) is 19.8 Å². The minimum atomic E-state index is -1.00. The van der Waals surface area contributed by atoms with E-state index in [9.17, 15) is 9.59 Å². The quantitative estimate of drug-likeness (QED) is 0.630. The topological polar surface area (TPSA) is 97.4 Å². The molecule has 0 radical (unpaired) electrons. The Kier molecular flexibility index (Phi) is 2.76. The maximum absolute atomic E-state index is 10.6. The summed E-state index contributed by atoms with van der Waals surface area (Å²) < 4.78 is 1.47. The fraction of sp³-hybridized carbons (Fsp3) is 0.250. The van der Waals surface area contributed by atoms with Gasteiger partial charge in [-0.25, -0.2) is 9.59 Å². The zero-order valence-corrected chi connectivity index (χ0v) is 7.65. The van der Waals surface area contributed by atoms with Crippen LogP contribution in [0.15, 0.2) is 12.3 Å². The van der Waals surface area contributed by atoms with Gasteiger partial charge < -0.3 is 20.7 Å². The molecule has 0 saturated carbocycles. The van der Waals surface area contributed by atoms with Gasteiger partial charge in [-0.05, 0) is 11.6 Å². The van der Waals surface area contributed by atoms with Gasteiger partial charge in [0.05, 0.1) is 0 Å². The number of nitrogens with one attached hydrogen (secondary N) is 1. The van der Waals surface area contributed by atoms with Gasteiger partial charge >= 0.3 is 12.0 Å². The van der Waals surface area contributed by atoms with Crippen LogP contribution in [0.4, 0.5) is 4.79 Å². The van der Waals surface area contributed by atoms with Gasteiger partial charge in [0.1, 0.15) is 5.69 Å². The van der Waals surface area contributed by atoms with Gasteiger partial charge in [-0.15, -0.1) is 0 Å². The second-order valence-corrected chi connectivity index (χ2v) is 2.87. The Hall–Kier alpha value is -1.98. The van der Waals surface area contributed by atoms with Crippen LogP contribution in [0.3, 0.4) is 0 Å². The second-order valence-electron chi connectivity index (χ2n) is 2.87. The van der Waals surface area contributed by atoms with Crippen LogP contribution in [0.1, 0.15) is 16.1 Å². The van der Waals surface area contributed by atoms with Crippen molar-refractivity contribution in [1.29, 1.82) is 0 Å². The molecule has 0 aliphatic heterocycles. The van der Waals surface area contributed by atoms with Crippen molar-refractivity contribution in [1.82, 2.24) is 9.88 Å². The smallest absolute Gasteiger partial charge is 0.352 e. The molecule has 1 aromatic heterocycles. The molecule has 76 valence electrons. The molecular formula is C8H11N3O3. The number of aryl methyl sites for hydroxylation is 1. The molecule has 6 nitrogen and oxygen atoms in total. The van der Waals surface area contributed by atoms with Crippen LogP contribution in [0, 0.1) is 0 Å². The Morgan fingerprint density at radius 2 is 2.29 bits per heavy atom. The molecule has 0 bridgehead atoms. The Labute approximate surface area is 80.3 Å². The van der Waals surface area contributed by atoms with E-state index in [-0.39, 0.29) is 12.2 Å². The normalized spacial score (nSPS) is 9.79. The lowest BCUT2D eigenvalue weighted by molar-refractivity contribution is 0.0686. The zero-order chi connectivity index (χ0) is 10.7. The number of hydrogen-bond acceptors (Lipinski definition) is 2. The highest BCUT2D eigenvalue weighted by atomic mass is 16.4. The van der Waals surface area contributed by atoms with Gasteiger partial charge in [0.2, 0.25) is 0 Å². The third-order valence-corrected chi connectivity index (χ3v) is 1.75. The lowest BCUT2D eigenvalue weighted by atomic mass is 10.3. The van der Waals surface area contributed by atoms with E-state index in [1.54, 1.807) is 13.2 Å². The number of carboxylic acids is 1. The number of carbonyl (C=O) groups is 2. The fourth-order valence-electron chi connectivity index (χ4n) is 1.13. The molecule has 0 spiro atoms. The van der Waals surface area contributed by atoms with Crippen molar-refractivity contribution < 1.29 is 14.7 Å². The van der Waals surface area contributed by atoms with E-state index in [1.807, 2.05) is 0 Å². The summed E-state index contributed by atoms with van der Waals surface area (Å²) >= 11 is 0. The summed E-state index contributed by atoms with van der Waals surface area (Å²) in [4.78, 5) is 21.0. The Balaban J connectivity index is 2.76. The first kappa shape index (κ1) is 10.1. The molecular weight excluding hydrogens is 186 g/mol. The maximum atomic E-state index is 10.6. The highest BCUT2D eigenvalue weighted by Gasteiger charge is 2.09. The van der Waals surface area contributed by atoms with Crippen LogP contribution in [0.5, 0.6) is 0 Å². The third kappa shape index (κ3) is 2.25. The zero-order valence-electron chi connectivity index (χ0n) is 7.65. The standard InChI is InChI=1S/C8H11N3O3/c1-11-4-5(3-10-8(9)14)2-6(11)7(12)13/h2,4H,3H2,1H3,(H,12,13)(H3,9,10,14). The lowest BCUT2D eigenvalue weighted by Gasteiger charge is -1.96. The summed E-state index contributed by atoms with van der Waals surface area (Å²) in [6.07, 6.45) is 1.62. The summed E-state index contributed by atoms with van der Waals surface area (Å²) in [5.41, 5.74) is 5.74. The molecule has 0 aliphatic carbocycles. The number of amides is 2. The van der Waals surface area contributed by atoms with Crippen molar-refractivity contribution >= 4 is 12.0 Å². The average molecular weight is 197 g/mol. The number of urea groups is 1. The number of carbonyl (C=O) groups excluding carboxylic acids is 1. The minimum Gasteiger partial charge on any atom is -0.477 e. The number of carboxylic acid groups (broad SMARTS) is 1. The van der Waals surface area contributed by atoms with Crippen molar-refractivity contribution in [3.8, 4) is 0 Å². The van der Waals surface area contributed by atoms with Gasteiger partial charge in [-0.2, -0.15) is 0 Å². The monoisotopic (exact) mass is 197 g/mol. The van der Waals surface area contributed by atoms with Crippen molar-refractivity contribution in [3.63, 3.8) is 0 Å². The van der Waals surface area contributed by atoms with Crippen molar-refractivity contribution in [2.24, 2.45) is 12.8 Å². The fourth-order valence-corrected chi connectivity index (χ4v) is 1.13. The van der Waals surface area contributed by atoms with Crippen LogP contribution < -0.4 is 11.1 Å². The predicted octanol–water partition coefficient (Wildman–Crippen LogP) is -0.108. The first-order valence-corrected chi connectivity index (χ1v) is 3.92. The Morgan fingerprint density at radius 3 is 2.71 bits per heavy atom. The first-order chi connectivity index (χ1) is 6.50. The first-order valence-electron chi connectivity index (χ1n) is 3.92. The molecule has 1 heterocycles. The summed E-state index contributed by atoms with van der Waals surface area (Å²) in [6.45, 7) is 0.233. The Morgan fingerprint density at radius 1 is 1.64 bits per heavy atom. The predicted molar refractivity (Wildman–Crippen MR) is 48.8 cm³/mol. The molecule has 0 aromatic carbocycles. The number of hydrogen-bond donors (Lipinski definition) is 3. The SMILES string of the molecule is Cn1cc(CNC(N)=O)cc1C(=O)O. The number of nitrogens with zero attached hydrogens (tertiary/aromatic N) is 1. The Bertz CT molecular complexity index is 370. The molecule has 4 N–H and O–H groups in total. The van der Waals surface area contributed by atoms with E-state index in [0.29, 0.717) is 5.56 Å². The largest absolute Gasteiger partial charge is 0.477 e. The summed E-state index contributed by atoms with van der Waals surface area (Å²) in [6, 6.07) is 0.851. The number of primary amides is 1. The molecule has 2 amide bonds. The molecule has 0 aliphatic rings. The van der Waals surface area contributed by atoms with Crippen molar-refractivity contribution in [2.45, 2.75) is 6.54 Å². The van der Waals surface area contributed by atoms with Crippen LogP contribution in [0.2, 0.25) is 0 Å². The molecule has 0 atom stereocenters. The van der Waals surface area contributed by atoms with Crippen LogP contribution in [-0.2, 0) is 13.6 Å². The van der Waals surface area contributed by atoms with E-state index < -0.39 is 12.0 Å². The highest BCUT2D eigenvalue weighted by molar-refractivity contribution is 5.86. The molecule has 0 fully saturated rings. The minimum absolute atomic E-state index is 0.172. The van der Waals surface area contributed by atoms with Gasteiger partial charge in [0.15, 0.2) is 0 Å². The molecule has 0 unspecified atom stereocenters. The molecule has 6 heteroatoms. The summed E-state index contributed by atoms with van der Waals surface area (Å²) in [5.74, 6) is -1.00. The summed E-state index contributed by atoms with van der Waals surface area (Å²) in [5, 5.41) is 11.1. The third-order valence-electron chi connectivity index (χ3n) is 1.75. The van der Waals surface area contributed by atoms with Gasteiger partial charge in [0.25, 0.3) is 0 Å². The molecule has 1 rings (SSSR count). The lowest BCUT2D eigenvalue weighted by Crippen LogP contribution is -2.28. The van der Waals surface area contributed by atoms with E-state index in [2.05, 4.69) is 5.32 Å². The second kappa shape index (κ2) is 3.82. The van der Waals surface area contributed by atoms with E-state index in [1.165, 1.54) is 10.6 Å². The van der Waals surface area contributed by atoms with E-state index >= 15 is 0 Å². The summed E-state index contributed by atoms with van der Waals surface area (Å²) in [7, 11) is 1.62. The molecule has 1 aromatic rings. The van der Waals surface area contributed by atoms with E-state index in [4.69, 9.17) is 10.8 Å². The number of aromatic carboxylic acids is 1. The maximum Gasteiger partial charge on any atom is 0.352 e.